The van der Waals surface area contributed by atoms with E-state index in [1.807, 2.05) is 6.08 Å². The Morgan fingerprint density at radius 3 is 3.00 bits per heavy atom. The van der Waals surface area contributed by atoms with Gasteiger partial charge in [0.25, 0.3) is 0 Å². The van der Waals surface area contributed by atoms with Gasteiger partial charge in [0.15, 0.2) is 0 Å². The third kappa shape index (κ3) is 3.71. The molecule has 1 rings (SSSR count). The van der Waals surface area contributed by atoms with Crippen molar-refractivity contribution in [3.05, 3.63) is 31.9 Å². The second kappa shape index (κ2) is 6.46. The van der Waals surface area contributed by atoms with Gasteiger partial charge in [0, 0.05) is 0 Å². The summed E-state index contributed by atoms with van der Waals surface area (Å²) in [5.41, 5.74) is 1.58. The molecule has 0 spiro atoms. The van der Waals surface area contributed by atoms with Gasteiger partial charge in [-0.1, -0.05) is 0 Å². The topological polar surface area (TPSA) is 0 Å². The van der Waals surface area contributed by atoms with Crippen molar-refractivity contribution in [2.75, 3.05) is 0 Å². The first-order chi connectivity index (χ1) is 6.38. The molecule has 1 aromatic rings. The summed E-state index contributed by atoms with van der Waals surface area (Å²) in [6, 6.07) is 2.32. The van der Waals surface area contributed by atoms with Gasteiger partial charge in [0.1, 0.15) is 0 Å². The molecule has 1 aromatic heterocycles. The van der Waals surface area contributed by atoms with Crippen molar-refractivity contribution in [3.8, 4) is 0 Å². The summed E-state index contributed by atoms with van der Waals surface area (Å²) < 4.78 is 4.18. The summed E-state index contributed by atoms with van der Waals surface area (Å²) in [5, 5.41) is 0. The van der Waals surface area contributed by atoms with Gasteiger partial charge in [-0.25, -0.2) is 0 Å². The van der Waals surface area contributed by atoms with Crippen LogP contribution in [0.15, 0.2) is 22.8 Å². The van der Waals surface area contributed by atoms with Gasteiger partial charge in [0.2, 0.25) is 0 Å². The van der Waals surface area contributed by atoms with Crippen LogP contribution < -0.4 is 0 Å². The maximum atomic E-state index is 3.80. The third-order valence-electron chi connectivity index (χ3n) is 2.21. The van der Waals surface area contributed by atoms with Crippen molar-refractivity contribution in [1.29, 1.82) is 0 Å². The third-order valence-corrected chi connectivity index (χ3v) is 5.13. The standard InChI is InChI=1S/C12H18Te/c1-3-5-6-8-12-11(7-4-2)9-10-13-12/h4,9-10H,2-3,5-8H2,1H3. The zero-order valence-electron chi connectivity index (χ0n) is 8.38. The Morgan fingerprint density at radius 1 is 1.46 bits per heavy atom. The van der Waals surface area contributed by atoms with E-state index in [1.54, 1.807) is 9.14 Å². The molecule has 0 saturated carbocycles. The predicted octanol–water partition coefficient (Wildman–Crippen LogP) is 3.20. The summed E-state index contributed by atoms with van der Waals surface area (Å²) in [5.74, 6) is 0. The average Bonchev–Trinajstić information content (AvgIpc) is 2.54. The van der Waals surface area contributed by atoms with Crippen LogP contribution in [0, 0.1) is 0 Å². The Labute approximate surface area is 91.3 Å². The van der Waals surface area contributed by atoms with Gasteiger partial charge in [0.05, 0.1) is 0 Å². The Kier molecular flexibility index (Phi) is 5.51. The Balaban J connectivity index is 2.44. The molecule has 0 amide bonds. The molecule has 0 bridgehead atoms. The summed E-state index contributed by atoms with van der Waals surface area (Å²) in [6.07, 6.45) is 8.57. The molecule has 0 aromatic carbocycles. The van der Waals surface area contributed by atoms with Crippen molar-refractivity contribution in [1.82, 2.24) is 0 Å². The van der Waals surface area contributed by atoms with Gasteiger partial charge in [-0.2, -0.15) is 0 Å². The number of hydrogen-bond donors (Lipinski definition) is 0. The van der Waals surface area contributed by atoms with E-state index >= 15 is 0 Å². The minimum absolute atomic E-state index is 0.0880. The summed E-state index contributed by atoms with van der Waals surface area (Å²) in [6.45, 7) is 6.07. The molecular formula is C12H18Te. The molecule has 0 nitrogen and oxygen atoms in total. The fraction of sp³-hybridized carbons (Fsp3) is 0.500. The quantitative estimate of drug-likeness (QED) is 0.429. The van der Waals surface area contributed by atoms with E-state index in [0.29, 0.717) is 0 Å². The zero-order valence-corrected chi connectivity index (χ0v) is 10.7. The SMILES string of the molecule is C=CCc1cc[te]c1CCCCC. The van der Waals surface area contributed by atoms with Crippen molar-refractivity contribution in [3.63, 3.8) is 0 Å². The van der Waals surface area contributed by atoms with E-state index < -0.39 is 0 Å². The number of unbranched alkanes of at least 4 members (excludes halogenated alkanes) is 2. The van der Waals surface area contributed by atoms with Gasteiger partial charge < -0.3 is 0 Å². The van der Waals surface area contributed by atoms with Crippen LogP contribution in [0.1, 0.15) is 35.3 Å². The Hall–Kier alpha value is 0.00961. The first-order valence-electron chi connectivity index (χ1n) is 5.04. The molecule has 0 atom stereocenters. The molecule has 1 heteroatoms. The second-order valence-electron chi connectivity index (χ2n) is 3.32. The van der Waals surface area contributed by atoms with E-state index in [4.69, 9.17) is 0 Å². The van der Waals surface area contributed by atoms with Crippen LogP contribution in [0.2, 0.25) is 0 Å². The van der Waals surface area contributed by atoms with E-state index in [0.717, 1.165) is 6.42 Å². The van der Waals surface area contributed by atoms with E-state index in [2.05, 4.69) is 23.7 Å². The van der Waals surface area contributed by atoms with Crippen molar-refractivity contribution in [2.24, 2.45) is 0 Å². The molecule has 0 fully saturated rings. The monoisotopic (exact) mass is 292 g/mol. The predicted molar refractivity (Wildman–Crippen MR) is 60.5 cm³/mol. The molecule has 0 unspecified atom stereocenters. The van der Waals surface area contributed by atoms with E-state index in [1.165, 1.54) is 25.7 Å². The first kappa shape index (κ1) is 11.1. The molecule has 0 N–H and O–H groups in total. The molecule has 1 heterocycles. The van der Waals surface area contributed by atoms with Crippen LogP contribution in [0.5, 0.6) is 0 Å². The normalized spacial score (nSPS) is 10.2. The Morgan fingerprint density at radius 2 is 2.31 bits per heavy atom. The molecule has 0 radical (unpaired) electrons. The van der Waals surface area contributed by atoms with Crippen LogP contribution >= 0.6 is 0 Å². The zero-order chi connectivity index (χ0) is 9.52. The van der Waals surface area contributed by atoms with Crippen molar-refractivity contribution < 1.29 is 0 Å². The minimum atomic E-state index is 0.0880. The maximum absolute atomic E-state index is 3.80. The molecular weight excluding hydrogens is 272 g/mol. The van der Waals surface area contributed by atoms with Crippen molar-refractivity contribution >= 4 is 20.4 Å². The molecule has 0 saturated heterocycles. The Bertz CT molecular complexity index is 247. The number of aryl methyl sites for hydroxylation is 1. The molecule has 0 aliphatic rings. The summed E-state index contributed by atoms with van der Waals surface area (Å²) >= 11 is 0.0880. The van der Waals surface area contributed by atoms with Crippen LogP contribution in [0.25, 0.3) is 0 Å². The van der Waals surface area contributed by atoms with Gasteiger partial charge in [-0.15, -0.1) is 0 Å². The summed E-state index contributed by atoms with van der Waals surface area (Å²) in [4.78, 5) is 0. The summed E-state index contributed by atoms with van der Waals surface area (Å²) in [7, 11) is 0. The van der Waals surface area contributed by atoms with Gasteiger partial charge in [-0.3, -0.25) is 0 Å². The molecule has 13 heavy (non-hydrogen) atoms. The molecule has 72 valence electrons. The van der Waals surface area contributed by atoms with Crippen molar-refractivity contribution in [2.45, 2.75) is 39.0 Å². The number of allylic oxidation sites excluding steroid dienone is 1. The second-order valence-corrected chi connectivity index (χ2v) is 6.17. The fourth-order valence-corrected chi connectivity index (χ4v) is 4.20. The van der Waals surface area contributed by atoms with Gasteiger partial charge in [-0.05, 0) is 0 Å². The van der Waals surface area contributed by atoms with E-state index in [-0.39, 0.29) is 20.4 Å². The van der Waals surface area contributed by atoms with Crippen LogP contribution in [0.3, 0.4) is 0 Å². The molecule has 0 aliphatic heterocycles. The first-order valence-corrected chi connectivity index (χ1v) is 7.55. The number of hydrogen-bond acceptors (Lipinski definition) is 0. The van der Waals surface area contributed by atoms with Crippen LogP contribution in [-0.2, 0) is 12.8 Å². The average molecular weight is 290 g/mol. The van der Waals surface area contributed by atoms with Crippen LogP contribution in [-0.4, -0.2) is 20.4 Å². The van der Waals surface area contributed by atoms with Gasteiger partial charge >= 0.3 is 91.4 Å². The van der Waals surface area contributed by atoms with E-state index in [9.17, 15) is 0 Å². The molecule has 0 aliphatic carbocycles. The fourth-order valence-electron chi connectivity index (χ4n) is 1.46. The van der Waals surface area contributed by atoms with Crippen LogP contribution in [0.4, 0.5) is 0 Å². The number of rotatable bonds is 6.